The summed E-state index contributed by atoms with van der Waals surface area (Å²) in [6.07, 6.45) is 4.52. The van der Waals surface area contributed by atoms with E-state index in [9.17, 15) is 0 Å². The second-order valence-corrected chi connectivity index (χ2v) is 3.63. The predicted octanol–water partition coefficient (Wildman–Crippen LogP) is 2.11. The number of nitrogens with zero attached hydrogens (tertiary/aromatic N) is 2. The zero-order chi connectivity index (χ0) is 9.80. The van der Waals surface area contributed by atoms with Crippen molar-refractivity contribution in [2.24, 2.45) is 0 Å². The minimum atomic E-state index is 0.949. The summed E-state index contributed by atoms with van der Waals surface area (Å²) in [5.74, 6) is 1.11. The minimum Gasteiger partial charge on any atom is -0.384 e. The van der Waals surface area contributed by atoms with Crippen LogP contribution < -0.4 is 10.2 Å². The molecule has 3 heteroatoms. The molecule has 0 spiro atoms. The molecule has 3 nitrogen and oxygen atoms in total. The number of hydrogen-bond donors (Lipinski definition) is 1. The predicted molar refractivity (Wildman–Crippen MR) is 59.8 cm³/mol. The Labute approximate surface area is 85.1 Å². The number of hydrogen-bond acceptors (Lipinski definition) is 3. The average Bonchev–Trinajstić information content (AvgIpc) is 2.72. The van der Waals surface area contributed by atoms with Crippen molar-refractivity contribution in [1.29, 1.82) is 0 Å². The third-order valence-corrected chi connectivity index (χ3v) is 2.56. The molecule has 0 bridgehead atoms. The molecule has 1 N–H and O–H groups in total. The van der Waals surface area contributed by atoms with Crippen LogP contribution in [0.3, 0.4) is 0 Å². The van der Waals surface area contributed by atoms with Crippen molar-refractivity contribution >= 4 is 11.5 Å². The SMILES string of the molecule is CCNc1ccc(N2CCCC2)nc1. The molecule has 0 atom stereocenters. The van der Waals surface area contributed by atoms with E-state index in [1.807, 2.05) is 6.20 Å². The second-order valence-electron chi connectivity index (χ2n) is 3.63. The largest absolute Gasteiger partial charge is 0.384 e. The van der Waals surface area contributed by atoms with Crippen LogP contribution in [-0.4, -0.2) is 24.6 Å². The highest BCUT2D eigenvalue weighted by Crippen LogP contribution is 2.18. The molecule has 1 aromatic rings. The quantitative estimate of drug-likeness (QED) is 0.793. The molecular weight excluding hydrogens is 174 g/mol. The van der Waals surface area contributed by atoms with Crippen LogP contribution >= 0.6 is 0 Å². The fraction of sp³-hybridized carbons (Fsp3) is 0.545. The van der Waals surface area contributed by atoms with E-state index < -0.39 is 0 Å². The van der Waals surface area contributed by atoms with E-state index in [-0.39, 0.29) is 0 Å². The van der Waals surface area contributed by atoms with Gasteiger partial charge in [0, 0.05) is 19.6 Å². The van der Waals surface area contributed by atoms with Gasteiger partial charge in [0.05, 0.1) is 11.9 Å². The van der Waals surface area contributed by atoms with Gasteiger partial charge in [-0.15, -0.1) is 0 Å². The normalized spacial score (nSPS) is 15.9. The number of aromatic nitrogens is 1. The Hall–Kier alpha value is -1.25. The van der Waals surface area contributed by atoms with Gasteiger partial charge in [0.2, 0.25) is 0 Å². The van der Waals surface area contributed by atoms with Crippen LogP contribution in [0.15, 0.2) is 18.3 Å². The highest BCUT2D eigenvalue weighted by Gasteiger charge is 2.12. The van der Waals surface area contributed by atoms with Gasteiger partial charge in [-0.3, -0.25) is 0 Å². The molecular formula is C11H17N3. The fourth-order valence-corrected chi connectivity index (χ4v) is 1.83. The molecule has 2 heterocycles. The molecule has 0 amide bonds. The first kappa shape index (κ1) is 9.31. The molecule has 76 valence electrons. The van der Waals surface area contributed by atoms with E-state index >= 15 is 0 Å². The second kappa shape index (κ2) is 4.31. The van der Waals surface area contributed by atoms with Crippen LogP contribution in [0, 0.1) is 0 Å². The third kappa shape index (κ3) is 1.97. The van der Waals surface area contributed by atoms with Gasteiger partial charge < -0.3 is 10.2 Å². The summed E-state index contributed by atoms with van der Waals surface area (Å²) in [4.78, 5) is 6.79. The maximum Gasteiger partial charge on any atom is 0.128 e. The maximum absolute atomic E-state index is 4.44. The van der Waals surface area contributed by atoms with E-state index in [1.165, 1.54) is 12.8 Å². The van der Waals surface area contributed by atoms with E-state index in [4.69, 9.17) is 0 Å². The number of rotatable bonds is 3. The van der Waals surface area contributed by atoms with Gasteiger partial charge >= 0.3 is 0 Å². The highest BCUT2D eigenvalue weighted by atomic mass is 15.2. The monoisotopic (exact) mass is 191 g/mol. The molecule has 0 aliphatic carbocycles. The lowest BCUT2D eigenvalue weighted by Gasteiger charge is -2.16. The van der Waals surface area contributed by atoms with Crippen LogP contribution in [0.4, 0.5) is 11.5 Å². The summed E-state index contributed by atoms with van der Waals surface area (Å²) < 4.78 is 0. The van der Waals surface area contributed by atoms with Crippen molar-refractivity contribution in [2.45, 2.75) is 19.8 Å². The van der Waals surface area contributed by atoms with Crippen LogP contribution in [-0.2, 0) is 0 Å². The first-order valence-corrected chi connectivity index (χ1v) is 5.35. The van der Waals surface area contributed by atoms with Crippen molar-refractivity contribution in [3.8, 4) is 0 Å². The highest BCUT2D eigenvalue weighted by molar-refractivity contribution is 5.48. The van der Waals surface area contributed by atoms with Gasteiger partial charge in [-0.25, -0.2) is 4.98 Å². The van der Waals surface area contributed by atoms with E-state index in [0.717, 1.165) is 31.1 Å². The van der Waals surface area contributed by atoms with E-state index in [2.05, 4.69) is 34.3 Å². The standard InChI is InChI=1S/C11H17N3/c1-2-12-10-5-6-11(13-9-10)14-7-3-4-8-14/h5-6,9,12H,2-4,7-8H2,1H3. The van der Waals surface area contributed by atoms with Crippen molar-refractivity contribution in [2.75, 3.05) is 29.9 Å². The van der Waals surface area contributed by atoms with Crippen LogP contribution in [0.1, 0.15) is 19.8 Å². The molecule has 1 fully saturated rings. The van der Waals surface area contributed by atoms with Crippen LogP contribution in [0.2, 0.25) is 0 Å². The maximum atomic E-state index is 4.44. The summed E-state index contributed by atoms with van der Waals surface area (Å²) in [6.45, 7) is 5.36. The van der Waals surface area contributed by atoms with Gasteiger partial charge in [-0.2, -0.15) is 0 Å². The first-order chi connectivity index (χ1) is 6.90. The molecule has 1 aromatic heterocycles. The topological polar surface area (TPSA) is 28.2 Å². The van der Waals surface area contributed by atoms with Gasteiger partial charge in [0.1, 0.15) is 5.82 Å². The Balaban J connectivity index is 2.05. The smallest absolute Gasteiger partial charge is 0.128 e. The summed E-state index contributed by atoms with van der Waals surface area (Å²) >= 11 is 0. The molecule has 0 saturated carbocycles. The van der Waals surface area contributed by atoms with Crippen LogP contribution in [0.25, 0.3) is 0 Å². The molecule has 1 saturated heterocycles. The van der Waals surface area contributed by atoms with Crippen molar-refractivity contribution in [3.63, 3.8) is 0 Å². The fourth-order valence-electron chi connectivity index (χ4n) is 1.83. The number of pyridine rings is 1. The number of anilines is 2. The summed E-state index contributed by atoms with van der Waals surface area (Å²) in [5.41, 5.74) is 1.11. The molecule has 0 unspecified atom stereocenters. The third-order valence-electron chi connectivity index (χ3n) is 2.56. The zero-order valence-electron chi connectivity index (χ0n) is 8.66. The lowest BCUT2D eigenvalue weighted by atomic mass is 10.4. The van der Waals surface area contributed by atoms with Crippen molar-refractivity contribution < 1.29 is 0 Å². The van der Waals surface area contributed by atoms with Crippen molar-refractivity contribution in [3.05, 3.63) is 18.3 Å². The molecule has 2 rings (SSSR count). The van der Waals surface area contributed by atoms with Gasteiger partial charge in [0.25, 0.3) is 0 Å². The Kier molecular flexibility index (Phi) is 2.87. The van der Waals surface area contributed by atoms with E-state index in [1.54, 1.807) is 0 Å². The first-order valence-electron chi connectivity index (χ1n) is 5.35. The lowest BCUT2D eigenvalue weighted by molar-refractivity contribution is 0.937. The Bertz CT molecular complexity index is 275. The van der Waals surface area contributed by atoms with Crippen molar-refractivity contribution in [1.82, 2.24) is 4.98 Å². The Morgan fingerprint density at radius 1 is 1.36 bits per heavy atom. The molecule has 1 aliphatic rings. The Morgan fingerprint density at radius 3 is 2.71 bits per heavy atom. The average molecular weight is 191 g/mol. The molecule has 1 aliphatic heterocycles. The van der Waals surface area contributed by atoms with Crippen LogP contribution in [0.5, 0.6) is 0 Å². The molecule has 0 radical (unpaired) electrons. The summed E-state index contributed by atoms with van der Waals surface area (Å²) in [5, 5.41) is 3.24. The van der Waals surface area contributed by atoms with Gasteiger partial charge in [-0.1, -0.05) is 0 Å². The zero-order valence-corrected chi connectivity index (χ0v) is 8.66. The molecule has 14 heavy (non-hydrogen) atoms. The van der Waals surface area contributed by atoms with Gasteiger partial charge in [0.15, 0.2) is 0 Å². The Morgan fingerprint density at radius 2 is 2.14 bits per heavy atom. The summed E-state index contributed by atoms with van der Waals surface area (Å²) in [7, 11) is 0. The lowest BCUT2D eigenvalue weighted by Crippen LogP contribution is -2.18. The summed E-state index contributed by atoms with van der Waals surface area (Å²) in [6, 6.07) is 4.20. The van der Waals surface area contributed by atoms with Gasteiger partial charge in [-0.05, 0) is 31.9 Å². The van der Waals surface area contributed by atoms with E-state index in [0.29, 0.717) is 0 Å². The molecule has 0 aromatic carbocycles. The minimum absolute atomic E-state index is 0.949. The number of nitrogens with one attached hydrogen (secondary N) is 1.